The fraction of sp³-hybridized carbons (Fsp3) is 0.280. The Hall–Kier alpha value is -3.09. The molecular weight excluding hydrogens is 424 g/mol. The maximum absolute atomic E-state index is 5.93. The molecule has 0 amide bonds. The second-order valence-electron chi connectivity index (χ2n) is 7.58. The summed E-state index contributed by atoms with van der Waals surface area (Å²) in [6.07, 6.45) is 6.93. The van der Waals surface area contributed by atoms with Gasteiger partial charge in [0.15, 0.2) is 0 Å². The molecule has 4 rings (SSSR count). The summed E-state index contributed by atoms with van der Waals surface area (Å²) in [5.74, 6) is 2.65. The number of alkyl halides is 1. The van der Waals surface area contributed by atoms with Crippen LogP contribution < -0.4 is 14.8 Å². The SMILES string of the molecule is CN1C/C=C/CCOc2cccc(c2)-c2ccnc(n2)Nc2ccc(OCCCl)c(c2)C1. The van der Waals surface area contributed by atoms with Gasteiger partial charge in [-0.1, -0.05) is 24.3 Å². The molecule has 0 spiro atoms. The first-order valence-corrected chi connectivity index (χ1v) is 11.2. The Morgan fingerprint density at radius 2 is 2.09 bits per heavy atom. The number of benzene rings is 2. The van der Waals surface area contributed by atoms with Gasteiger partial charge in [-0.05, 0) is 49.9 Å². The normalized spacial score (nSPS) is 15.6. The van der Waals surface area contributed by atoms with E-state index in [4.69, 9.17) is 26.1 Å². The minimum atomic E-state index is 0.446. The van der Waals surface area contributed by atoms with E-state index in [2.05, 4.69) is 40.5 Å². The lowest BCUT2D eigenvalue weighted by Gasteiger charge is -2.19. The molecule has 1 aliphatic rings. The van der Waals surface area contributed by atoms with Gasteiger partial charge in [0, 0.05) is 36.1 Å². The summed E-state index contributed by atoms with van der Waals surface area (Å²) in [5.41, 5.74) is 3.79. The van der Waals surface area contributed by atoms with Gasteiger partial charge in [0.2, 0.25) is 5.95 Å². The Morgan fingerprint density at radius 3 is 3.00 bits per heavy atom. The van der Waals surface area contributed by atoms with E-state index in [0.29, 0.717) is 25.0 Å². The largest absolute Gasteiger partial charge is 0.493 e. The summed E-state index contributed by atoms with van der Waals surface area (Å²) in [6.45, 7) is 2.65. The fourth-order valence-corrected chi connectivity index (χ4v) is 3.57. The Kier molecular flexibility index (Phi) is 7.59. The van der Waals surface area contributed by atoms with Gasteiger partial charge in [0.05, 0.1) is 18.2 Å². The Balaban J connectivity index is 1.68. The highest BCUT2D eigenvalue weighted by molar-refractivity contribution is 6.18. The van der Waals surface area contributed by atoms with Crippen molar-refractivity contribution in [3.8, 4) is 22.8 Å². The number of hydrogen-bond donors (Lipinski definition) is 1. The van der Waals surface area contributed by atoms with Crippen molar-refractivity contribution in [1.29, 1.82) is 0 Å². The summed E-state index contributed by atoms with van der Waals surface area (Å²) in [6, 6.07) is 15.9. The second kappa shape index (κ2) is 11.0. The summed E-state index contributed by atoms with van der Waals surface area (Å²) >= 11 is 5.83. The van der Waals surface area contributed by atoms with Crippen LogP contribution in [0.5, 0.6) is 11.5 Å². The topological polar surface area (TPSA) is 59.5 Å². The number of hydrogen-bond acceptors (Lipinski definition) is 6. The highest BCUT2D eigenvalue weighted by Gasteiger charge is 2.10. The standard InChI is InChI=1S/C25H27ClN4O2/c1-30-13-3-2-4-14-31-22-7-5-6-19(17-22)23-10-12-27-25(29-23)28-21-8-9-24(32-15-11-26)20(16-21)18-30/h2-3,5-10,12,16-17H,4,11,13-15,18H2,1H3,(H,27,28,29)/b3-2+. The van der Waals surface area contributed by atoms with Crippen molar-refractivity contribution < 1.29 is 9.47 Å². The molecule has 0 atom stereocenters. The van der Waals surface area contributed by atoms with Crippen molar-refractivity contribution in [2.45, 2.75) is 13.0 Å². The number of nitrogens with zero attached hydrogens (tertiary/aromatic N) is 3. The predicted molar refractivity (Wildman–Crippen MR) is 129 cm³/mol. The van der Waals surface area contributed by atoms with Crippen LogP contribution in [0.2, 0.25) is 0 Å². The number of fused-ring (bicyclic) bond motifs is 7. The monoisotopic (exact) mass is 450 g/mol. The highest BCUT2D eigenvalue weighted by atomic mass is 35.5. The number of rotatable bonds is 3. The van der Waals surface area contributed by atoms with Gasteiger partial charge in [-0.2, -0.15) is 0 Å². The van der Waals surface area contributed by atoms with Crippen LogP contribution in [0, 0.1) is 0 Å². The van der Waals surface area contributed by atoms with Crippen molar-refractivity contribution in [2.24, 2.45) is 0 Å². The average molecular weight is 451 g/mol. The fourth-order valence-electron chi connectivity index (χ4n) is 3.50. The van der Waals surface area contributed by atoms with E-state index in [-0.39, 0.29) is 0 Å². The molecule has 6 nitrogen and oxygen atoms in total. The van der Waals surface area contributed by atoms with Crippen LogP contribution in [0.25, 0.3) is 11.3 Å². The third-order valence-electron chi connectivity index (χ3n) is 5.01. The molecule has 166 valence electrons. The lowest BCUT2D eigenvalue weighted by molar-refractivity contribution is 0.317. The first-order chi connectivity index (χ1) is 15.7. The van der Waals surface area contributed by atoms with Gasteiger partial charge in [0.1, 0.15) is 18.1 Å². The van der Waals surface area contributed by atoms with Crippen molar-refractivity contribution in [3.63, 3.8) is 0 Å². The van der Waals surface area contributed by atoms with Gasteiger partial charge in [-0.15, -0.1) is 11.6 Å². The molecule has 1 N–H and O–H groups in total. The second-order valence-corrected chi connectivity index (χ2v) is 7.96. The minimum absolute atomic E-state index is 0.446. The zero-order valence-corrected chi connectivity index (χ0v) is 18.9. The average Bonchev–Trinajstić information content (AvgIpc) is 2.81. The molecule has 2 heterocycles. The van der Waals surface area contributed by atoms with E-state index >= 15 is 0 Å². The van der Waals surface area contributed by atoms with Crippen LogP contribution in [-0.2, 0) is 6.54 Å². The smallest absolute Gasteiger partial charge is 0.227 e. The number of likely N-dealkylation sites (N-methyl/N-ethyl adjacent to an activating group) is 1. The first kappa shape index (κ1) is 22.1. The lowest BCUT2D eigenvalue weighted by atomic mass is 10.1. The summed E-state index contributed by atoms with van der Waals surface area (Å²) in [4.78, 5) is 11.3. The molecule has 1 aliphatic heterocycles. The van der Waals surface area contributed by atoms with E-state index in [1.54, 1.807) is 6.20 Å². The summed E-state index contributed by atoms with van der Waals surface area (Å²) in [7, 11) is 2.09. The molecule has 32 heavy (non-hydrogen) atoms. The molecule has 0 saturated carbocycles. The summed E-state index contributed by atoms with van der Waals surface area (Å²) in [5, 5.41) is 3.33. The van der Waals surface area contributed by atoms with Gasteiger partial charge in [0.25, 0.3) is 0 Å². The first-order valence-electron chi connectivity index (χ1n) is 10.7. The predicted octanol–water partition coefficient (Wildman–Crippen LogP) is 5.28. The maximum atomic E-state index is 5.93. The van der Waals surface area contributed by atoms with Crippen LogP contribution in [0.1, 0.15) is 12.0 Å². The molecule has 3 aromatic rings. The molecule has 0 unspecified atom stereocenters. The Bertz CT molecular complexity index is 1070. The molecule has 0 saturated heterocycles. The van der Waals surface area contributed by atoms with Crippen molar-refractivity contribution >= 4 is 23.2 Å². The quantitative estimate of drug-likeness (QED) is 0.433. The lowest BCUT2D eigenvalue weighted by Crippen LogP contribution is -2.18. The van der Waals surface area contributed by atoms with Crippen molar-refractivity contribution in [2.75, 3.05) is 38.0 Å². The van der Waals surface area contributed by atoms with Crippen LogP contribution in [-0.4, -0.2) is 47.6 Å². The molecule has 7 heteroatoms. The van der Waals surface area contributed by atoms with E-state index in [0.717, 1.165) is 53.5 Å². The van der Waals surface area contributed by atoms with E-state index in [1.165, 1.54) is 0 Å². The van der Waals surface area contributed by atoms with E-state index in [9.17, 15) is 0 Å². The molecule has 0 fully saturated rings. The van der Waals surface area contributed by atoms with Crippen LogP contribution in [0.3, 0.4) is 0 Å². The zero-order chi connectivity index (χ0) is 22.2. The zero-order valence-electron chi connectivity index (χ0n) is 18.1. The van der Waals surface area contributed by atoms with Gasteiger partial charge in [-0.25, -0.2) is 9.97 Å². The van der Waals surface area contributed by atoms with Crippen LogP contribution in [0.4, 0.5) is 11.6 Å². The van der Waals surface area contributed by atoms with Crippen LogP contribution >= 0.6 is 11.6 Å². The molecule has 1 aromatic heterocycles. The molecule has 2 aromatic carbocycles. The Morgan fingerprint density at radius 1 is 1.16 bits per heavy atom. The van der Waals surface area contributed by atoms with Crippen molar-refractivity contribution in [3.05, 3.63) is 72.4 Å². The van der Waals surface area contributed by atoms with Crippen molar-refractivity contribution in [1.82, 2.24) is 14.9 Å². The third-order valence-corrected chi connectivity index (χ3v) is 5.17. The maximum Gasteiger partial charge on any atom is 0.227 e. The number of aromatic nitrogens is 2. The number of nitrogens with one attached hydrogen (secondary N) is 1. The molecule has 0 radical (unpaired) electrons. The van der Waals surface area contributed by atoms with E-state index < -0.39 is 0 Å². The van der Waals surface area contributed by atoms with Gasteiger partial charge < -0.3 is 14.8 Å². The van der Waals surface area contributed by atoms with Gasteiger partial charge >= 0.3 is 0 Å². The minimum Gasteiger partial charge on any atom is -0.493 e. The summed E-state index contributed by atoms with van der Waals surface area (Å²) < 4.78 is 11.8. The highest BCUT2D eigenvalue weighted by Crippen LogP contribution is 2.27. The third kappa shape index (κ3) is 5.99. The molecule has 6 bridgehead atoms. The van der Waals surface area contributed by atoms with Gasteiger partial charge in [-0.3, -0.25) is 4.90 Å². The molecule has 0 aliphatic carbocycles. The molecular formula is C25H27ClN4O2. The Labute approximate surface area is 193 Å². The number of ether oxygens (including phenoxy) is 2. The number of halogens is 1. The number of anilines is 2. The van der Waals surface area contributed by atoms with E-state index in [1.807, 2.05) is 42.5 Å². The van der Waals surface area contributed by atoms with Crippen LogP contribution in [0.15, 0.2) is 66.9 Å².